The molecule has 1 aliphatic rings. The number of nitrogens with one attached hydrogen (secondary N) is 1. The Bertz CT molecular complexity index is 767. The molecule has 2 aromatic carbocycles. The smallest absolute Gasteiger partial charge is 0.271 e. The highest BCUT2D eigenvalue weighted by Crippen LogP contribution is 2.22. The molecule has 0 saturated carbocycles. The number of rotatable bonds is 4. The van der Waals surface area contributed by atoms with Gasteiger partial charge in [0.05, 0.1) is 6.21 Å². The molecule has 0 radical (unpaired) electrons. The normalized spacial score (nSPS) is 14.3. The summed E-state index contributed by atoms with van der Waals surface area (Å²) in [6.45, 7) is 4.31. The minimum atomic E-state index is -0.278. The van der Waals surface area contributed by atoms with Crippen molar-refractivity contribution in [3.8, 4) is 0 Å². The molecular weight excluding hydrogens is 322 g/mol. The van der Waals surface area contributed by atoms with Crippen molar-refractivity contribution in [2.75, 3.05) is 18.0 Å². The maximum absolute atomic E-state index is 12.0. The van der Waals surface area contributed by atoms with Crippen LogP contribution in [0.3, 0.4) is 0 Å². The summed E-state index contributed by atoms with van der Waals surface area (Å²) in [7, 11) is 0. The Morgan fingerprint density at radius 2 is 2.00 bits per heavy atom. The van der Waals surface area contributed by atoms with Crippen LogP contribution in [0.15, 0.2) is 47.6 Å². The SMILES string of the molecule is Cc1cc(N2CCCC2)ccc1/C=N/NC(=O)c1cccc(Cl)c1. The van der Waals surface area contributed by atoms with E-state index in [9.17, 15) is 4.79 Å². The van der Waals surface area contributed by atoms with Gasteiger partial charge in [0.25, 0.3) is 5.91 Å². The number of benzene rings is 2. The highest BCUT2D eigenvalue weighted by Gasteiger charge is 2.12. The van der Waals surface area contributed by atoms with Crippen LogP contribution in [0.1, 0.15) is 34.3 Å². The maximum Gasteiger partial charge on any atom is 0.271 e. The summed E-state index contributed by atoms with van der Waals surface area (Å²) >= 11 is 5.89. The van der Waals surface area contributed by atoms with Crippen LogP contribution in [-0.4, -0.2) is 25.2 Å². The molecule has 1 amide bonds. The molecule has 1 heterocycles. The average Bonchev–Trinajstić information content (AvgIpc) is 3.10. The van der Waals surface area contributed by atoms with E-state index in [1.807, 2.05) is 6.07 Å². The first-order valence-corrected chi connectivity index (χ1v) is 8.46. The van der Waals surface area contributed by atoms with Gasteiger partial charge in [-0.25, -0.2) is 5.43 Å². The highest BCUT2D eigenvalue weighted by molar-refractivity contribution is 6.30. The second kappa shape index (κ2) is 7.49. The monoisotopic (exact) mass is 341 g/mol. The molecular formula is C19H20ClN3O. The van der Waals surface area contributed by atoms with Crippen molar-refractivity contribution >= 4 is 29.4 Å². The lowest BCUT2D eigenvalue weighted by atomic mass is 10.1. The van der Waals surface area contributed by atoms with Crippen molar-refractivity contribution < 1.29 is 4.79 Å². The average molecular weight is 342 g/mol. The Balaban J connectivity index is 1.65. The van der Waals surface area contributed by atoms with Gasteiger partial charge in [0.2, 0.25) is 0 Å². The number of hydrogen-bond donors (Lipinski definition) is 1. The van der Waals surface area contributed by atoms with Crippen LogP contribution in [0.2, 0.25) is 5.02 Å². The van der Waals surface area contributed by atoms with Gasteiger partial charge in [0.15, 0.2) is 0 Å². The molecule has 0 unspecified atom stereocenters. The summed E-state index contributed by atoms with van der Waals surface area (Å²) in [5.74, 6) is -0.278. The highest BCUT2D eigenvalue weighted by atomic mass is 35.5. The molecule has 3 rings (SSSR count). The van der Waals surface area contributed by atoms with Crippen molar-refractivity contribution in [3.05, 3.63) is 64.2 Å². The summed E-state index contributed by atoms with van der Waals surface area (Å²) in [5.41, 5.74) is 6.40. The predicted octanol–water partition coefficient (Wildman–Crippen LogP) is 4.01. The Morgan fingerprint density at radius 3 is 2.71 bits per heavy atom. The molecule has 0 atom stereocenters. The fourth-order valence-corrected chi connectivity index (χ4v) is 3.02. The van der Waals surface area contributed by atoms with Crippen LogP contribution in [0, 0.1) is 6.92 Å². The van der Waals surface area contributed by atoms with Gasteiger partial charge in [-0.1, -0.05) is 23.7 Å². The molecule has 1 fully saturated rings. The van der Waals surface area contributed by atoms with Gasteiger partial charge in [-0.05, 0) is 61.2 Å². The Hall–Kier alpha value is -2.33. The van der Waals surface area contributed by atoms with Crippen LogP contribution < -0.4 is 10.3 Å². The number of anilines is 1. The van der Waals surface area contributed by atoms with Crippen molar-refractivity contribution in [2.45, 2.75) is 19.8 Å². The molecule has 24 heavy (non-hydrogen) atoms. The summed E-state index contributed by atoms with van der Waals surface area (Å²) in [5, 5.41) is 4.58. The molecule has 0 aliphatic carbocycles. The number of hydrazone groups is 1. The van der Waals surface area contributed by atoms with E-state index in [0.717, 1.165) is 24.2 Å². The predicted molar refractivity (Wildman–Crippen MR) is 99.1 cm³/mol. The number of aryl methyl sites for hydroxylation is 1. The van der Waals surface area contributed by atoms with Crippen molar-refractivity contribution in [3.63, 3.8) is 0 Å². The summed E-state index contributed by atoms with van der Waals surface area (Å²) in [6, 6.07) is 13.1. The Labute approximate surface area is 147 Å². The second-order valence-electron chi connectivity index (χ2n) is 5.94. The van der Waals surface area contributed by atoms with Gasteiger partial charge in [-0.15, -0.1) is 0 Å². The van der Waals surface area contributed by atoms with Crippen LogP contribution in [0.25, 0.3) is 0 Å². The van der Waals surface area contributed by atoms with Gasteiger partial charge in [-0.3, -0.25) is 4.79 Å². The standard InChI is InChI=1S/C19H20ClN3O/c1-14-11-18(23-9-2-3-10-23)8-7-16(14)13-21-22-19(24)15-5-4-6-17(20)12-15/h4-8,11-13H,2-3,9-10H2,1H3,(H,22,24)/b21-13+. The first kappa shape index (κ1) is 16.5. The van der Waals surface area contributed by atoms with Gasteiger partial charge in [0, 0.05) is 29.4 Å². The minimum absolute atomic E-state index is 0.278. The molecule has 124 valence electrons. The zero-order chi connectivity index (χ0) is 16.9. The molecule has 5 heteroatoms. The molecule has 1 saturated heterocycles. The Kier molecular flexibility index (Phi) is 5.16. The molecule has 0 spiro atoms. The van der Waals surface area contributed by atoms with Crippen LogP contribution >= 0.6 is 11.6 Å². The third-order valence-corrected chi connectivity index (χ3v) is 4.42. The van der Waals surface area contributed by atoms with Crippen LogP contribution in [0.4, 0.5) is 5.69 Å². The fourth-order valence-electron chi connectivity index (χ4n) is 2.83. The van der Waals surface area contributed by atoms with Gasteiger partial charge in [0.1, 0.15) is 0 Å². The van der Waals surface area contributed by atoms with Crippen molar-refractivity contribution in [1.82, 2.24) is 5.43 Å². The molecule has 0 bridgehead atoms. The number of carbonyl (C=O) groups is 1. The first-order valence-electron chi connectivity index (χ1n) is 8.08. The molecule has 1 N–H and O–H groups in total. The summed E-state index contributed by atoms with van der Waals surface area (Å²) < 4.78 is 0. The van der Waals surface area contributed by atoms with E-state index in [1.165, 1.54) is 18.5 Å². The van der Waals surface area contributed by atoms with Crippen LogP contribution in [-0.2, 0) is 0 Å². The topological polar surface area (TPSA) is 44.7 Å². The van der Waals surface area contributed by atoms with E-state index in [1.54, 1.807) is 30.5 Å². The van der Waals surface area contributed by atoms with Gasteiger partial charge in [-0.2, -0.15) is 5.10 Å². The van der Waals surface area contributed by atoms with E-state index in [2.05, 4.69) is 34.5 Å². The van der Waals surface area contributed by atoms with Crippen LogP contribution in [0.5, 0.6) is 0 Å². The number of halogens is 1. The number of carbonyl (C=O) groups excluding carboxylic acids is 1. The Morgan fingerprint density at radius 1 is 1.21 bits per heavy atom. The third-order valence-electron chi connectivity index (χ3n) is 4.18. The largest absolute Gasteiger partial charge is 0.372 e. The molecule has 4 nitrogen and oxygen atoms in total. The van der Waals surface area contributed by atoms with Gasteiger partial charge >= 0.3 is 0 Å². The first-order chi connectivity index (χ1) is 11.6. The lowest BCUT2D eigenvalue weighted by molar-refractivity contribution is 0.0955. The second-order valence-corrected chi connectivity index (χ2v) is 6.38. The molecule has 2 aromatic rings. The quantitative estimate of drug-likeness (QED) is 0.674. The van der Waals surface area contributed by atoms with Gasteiger partial charge < -0.3 is 4.90 Å². The fraction of sp³-hybridized carbons (Fsp3) is 0.263. The van der Waals surface area contributed by atoms with E-state index >= 15 is 0 Å². The molecule has 1 aliphatic heterocycles. The van der Waals surface area contributed by atoms with E-state index < -0.39 is 0 Å². The maximum atomic E-state index is 12.0. The molecule has 0 aromatic heterocycles. The minimum Gasteiger partial charge on any atom is -0.372 e. The number of hydrogen-bond acceptors (Lipinski definition) is 3. The number of nitrogens with zero attached hydrogens (tertiary/aromatic N) is 2. The lowest BCUT2D eigenvalue weighted by Gasteiger charge is -2.18. The number of amides is 1. The van der Waals surface area contributed by atoms with E-state index in [4.69, 9.17) is 11.6 Å². The lowest BCUT2D eigenvalue weighted by Crippen LogP contribution is -2.18. The van der Waals surface area contributed by atoms with Crippen molar-refractivity contribution in [1.29, 1.82) is 0 Å². The third kappa shape index (κ3) is 3.95. The zero-order valence-corrected chi connectivity index (χ0v) is 14.4. The van der Waals surface area contributed by atoms with E-state index in [0.29, 0.717) is 10.6 Å². The van der Waals surface area contributed by atoms with Crippen molar-refractivity contribution in [2.24, 2.45) is 5.10 Å². The zero-order valence-electron chi connectivity index (χ0n) is 13.6. The van der Waals surface area contributed by atoms with E-state index in [-0.39, 0.29) is 5.91 Å². The summed E-state index contributed by atoms with van der Waals surface area (Å²) in [4.78, 5) is 14.4. The summed E-state index contributed by atoms with van der Waals surface area (Å²) in [6.07, 6.45) is 4.20.